The van der Waals surface area contributed by atoms with E-state index in [9.17, 15) is 14.7 Å². The largest absolute Gasteiger partial charge is 0.550 e. The van der Waals surface area contributed by atoms with Crippen LogP contribution in [0.3, 0.4) is 0 Å². The van der Waals surface area contributed by atoms with E-state index >= 15 is 0 Å². The van der Waals surface area contributed by atoms with Crippen LogP contribution in [0.4, 0.5) is 4.79 Å². The number of fused-ring (bicyclic) bond motifs is 1. The highest BCUT2D eigenvalue weighted by Gasteiger charge is 2.20. The predicted molar refractivity (Wildman–Crippen MR) is 88.3 cm³/mol. The average Bonchev–Trinajstić information content (AvgIpc) is 2.79. The lowest BCUT2D eigenvalue weighted by atomic mass is 10.0. The maximum atomic E-state index is 11.9. The molecule has 0 saturated heterocycles. The smallest absolute Gasteiger partial charge is 0.407 e. The second kappa shape index (κ2) is 7.00. The molecule has 0 saturated carbocycles. The van der Waals surface area contributed by atoms with Gasteiger partial charge in [0.15, 0.2) is 0 Å². The van der Waals surface area contributed by atoms with Gasteiger partial charge in [0.1, 0.15) is 5.60 Å². The van der Waals surface area contributed by atoms with E-state index in [0.29, 0.717) is 6.42 Å². The molecule has 23 heavy (non-hydrogen) atoms. The van der Waals surface area contributed by atoms with Crippen molar-refractivity contribution < 1.29 is 19.4 Å². The minimum absolute atomic E-state index is 0.260. The van der Waals surface area contributed by atoms with Gasteiger partial charge in [0.2, 0.25) is 0 Å². The van der Waals surface area contributed by atoms with Crippen LogP contribution in [0, 0.1) is 0 Å². The van der Waals surface area contributed by atoms with Gasteiger partial charge in [0.25, 0.3) is 0 Å². The van der Waals surface area contributed by atoms with Crippen LogP contribution in [-0.2, 0) is 16.0 Å². The molecule has 6 heteroatoms. The minimum atomic E-state index is -1.20. The number of rotatable bonds is 5. The van der Waals surface area contributed by atoms with E-state index in [-0.39, 0.29) is 6.42 Å². The summed E-state index contributed by atoms with van der Waals surface area (Å²) in [7, 11) is 0. The maximum absolute atomic E-state index is 11.9. The molecule has 1 aromatic carbocycles. The third kappa shape index (κ3) is 5.25. The number of benzene rings is 1. The Hall–Kier alpha value is -2.08. The Morgan fingerprint density at radius 3 is 2.65 bits per heavy atom. The highest BCUT2D eigenvalue weighted by molar-refractivity contribution is 7.17. The first-order chi connectivity index (χ1) is 10.7. The van der Waals surface area contributed by atoms with Crippen molar-refractivity contribution in [1.82, 2.24) is 5.32 Å². The summed E-state index contributed by atoms with van der Waals surface area (Å²) in [6, 6.07) is 7.32. The van der Waals surface area contributed by atoms with Crippen molar-refractivity contribution in [2.75, 3.05) is 0 Å². The number of nitrogens with one attached hydrogen (secondary N) is 1. The molecule has 1 aromatic heterocycles. The Morgan fingerprint density at radius 1 is 1.30 bits per heavy atom. The van der Waals surface area contributed by atoms with Gasteiger partial charge in [-0.3, -0.25) is 0 Å². The van der Waals surface area contributed by atoms with E-state index in [4.69, 9.17) is 4.74 Å². The van der Waals surface area contributed by atoms with Crippen LogP contribution >= 0.6 is 11.3 Å². The van der Waals surface area contributed by atoms with Gasteiger partial charge < -0.3 is 20.0 Å². The fraction of sp³-hybridized carbons (Fsp3) is 0.412. The first-order valence-corrected chi connectivity index (χ1v) is 8.27. The molecule has 0 unspecified atom stereocenters. The van der Waals surface area contributed by atoms with E-state index in [0.717, 1.165) is 15.6 Å². The lowest BCUT2D eigenvalue weighted by Crippen LogP contribution is -2.43. The highest BCUT2D eigenvalue weighted by atomic mass is 32.1. The third-order valence-electron chi connectivity index (χ3n) is 3.16. The number of carboxylic acid groups (broad SMARTS) is 1. The Balaban J connectivity index is 2.12. The number of ether oxygens (including phenoxy) is 1. The Morgan fingerprint density at radius 2 is 2.00 bits per heavy atom. The lowest BCUT2D eigenvalue weighted by Gasteiger charge is -2.24. The monoisotopic (exact) mass is 334 g/mol. The van der Waals surface area contributed by atoms with Crippen molar-refractivity contribution >= 4 is 33.5 Å². The predicted octanol–water partition coefficient (Wildman–Crippen LogP) is 2.48. The molecule has 0 radical (unpaired) electrons. The number of aliphatic carboxylic acids is 1. The number of hydrogen-bond donors (Lipinski definition) is 1. The first-order valence-electron chi connectivity index (χ1n) is 7.39. The van der Waals surface area contributed by atoms with Crippen molar-refractivity contribution in [3.63, 3.8) is 0 Å². The number of amides is 1. The van der Waals surface area contributed by atoms with Crippen LogP contribution in [0.15, 0.2) is 29.6 Å². The summed E-state index contributed by atoms with van der Waals surface area (Å²) in [5, 5.41) is 16.7. The SMILES string of the molecule is CC(C)(C)OC(=O)N[C@@H](CC(=O)[O-])Cc1csc2ccccc12. The standard InChI is InChI=1S/C17H21NO4S/c1-17(2,3)22-16(21)18-12(9-15(19)20)8-11-10-23-14-7-5-4-6-13(11)14/h4-7,10,12H,8-9H2,1-3H3,(H,18,21)(H,19,20)/p-1/t12-/m1/s1. The zero-order valence-electron chi connectivity index (χ0n) is 13.4. The molecule has 2 aromatic rings. The van der Waals surface area contributed by atoms with Gasteiger partial charge in [-0.1, -0.05) is 18.2 Å². The molecule has 1 heterocycles. The van der Waals surface area contributed by atoms with E-state index in [2.05, 4.69) is 5.32 Å². The number of hydrogen-bond acceptors (Lipinski definition) is 5. The second-order valence-corrected chi connectivity index (χ2v) is 7.29. The van der Waals surface area contributed by atoms with Gasteiger partial charge in [0, 0.05) is 23.1 Å². The Kier molecular flexibility index (Phi) is 5.26. The minimum Gasteiger partial charge on any atom is -0.550 e. The van der Waals surface area contributed by atoms with E-state index in [1.165, 1.54) is 0 Å². The summed E-state index contributed by atoms with van der Waals surface area (Å²) in [4.78, 5) is 22.9. The zero-order valence-corrected chi connectivity index (χ0v) is 14.2. The maximum Gasteiger partial charge on any atom is 0.407 e. The zero-order chi connectivity index (χ0) is 17.0. The molecule has 1 N–H and O–H groups in total. The van der Waals surface area contributed by atoms with Crippen molar-refractivity contribution in [2.24, 2.45) is 0 Å². The summed E-state index contributed by atoms with van der Waals surface area (Å²) >= 11 is 1.60. The van der Waals surface area contributed by atoms with Gasteiger partial charge in [-0.2, -0.15) is 0 Å². The van der Waals surface area contributed by atoms with Crippen LogP contribution in [0.2, 0.25) is 0 Å². The van der Waals surface area contributed by atoms with E-state index in [1.54, 1.807) is 32.1 Å². The van der Waals surface area contributed by atoms with E-state index < -0.39 is 23.7 Å². The van der Waals surface area contributed by atoms with Gasteiger partial charge >= 0.3 is 6.09 Å². The van der Waals surface area contributed by atoms with Crippen LogP contribution in [0.1, 0.15) is 32.8 Å². The van der Waals surface area contributed by atoms with Gasteiger partial charge in [-0.25, -0.2) is 4.79 Å². The highest BCUT2D eigenvalue weighted by Crippen LogP contribution is 2.27. The number of alkyl carbamates (subject to hydrolysis) is 1. The summed E-state index contributed by atoms with van der Waals surface area (Å²) in [6.45, 7) is 5.27. The normalized spacial score (nSPS) is 12.8. The molecular formula is C17H20NO4S-. The summed E-state index contributed by atoms with van der Waals surface area (Å²) in [6.07, 6.45) is -0.469. The molecule has 0 bridgehead atoms. The molecule has 124 valence electrons. The summed E-state index contributed by atoms with van der Waals surface area (Å²) < 4.78 is 6.33. The molecule has 0 aliphatic rings. The van der Waals surface area contributed by atoms with Gasteiger partial charge in [-0.15, -0.1) is 11.3 Å². The fourth-order valence-corrected chi connectivity index (χ4v) is 3.28. The Labute approximate surface area is 139 Å². The number of carbonyl (C=O) groups is 2. The van der Waals surface area contributed by atoms with Crippen LogP contribution < -0.4 is 10.4 Å². The molecule has 0 aliphatic heterocycles. The Bertz CT molecular complexity index is 702. The average molecular weight is 334 g/mol. The number of thiophene rings is 1. The van der Waals surface area contributed by atoms with Crippen molar-refractivity contribution in [2.45, 2.75) is 45.3 Å². The van der Waals surface area contributed by atoms with E-state index in [1.807, 2.05) is 29.6 Å². The number of carboxylic acids is 1. The van der Waals surface area contributed by atoms with Crippen LogP contribution in [0.25, 0.3) is 10.1 Å². The van der Waals surface area contributed by atoms with Crippen LogP contribution in [0.5, 0.6) is 0 Å². The van der Waals surface area contributed by atoms with Gasteiger partial charge in [0.05, 0.1) is 0 Å². The van der Waals surface area contributed by atoms with Crippen molar-refractivity contribution in [3.05, 3.63) is 35.2 Å². The molecule has 1 atom stereocenters. The summed E-state index contributed by atoms with van der Waals surface area (Å²) in [5.74, 6) is -1.20. The van der Waals surface area contributed by atoms with Crippen molar-refractivity contribution in [1.29, 1.82) is 0 Å². The molecule has 0 spiro atoms. The molecular weight excluding hydrogens is 314 g/mol. The molecule has 1 amide bonds. The third-order valence-corrected chi connectivity index (χ3v) is 4.17. The summed E-state index contributed by atoms with van der Waals surface area (Å²) in [5.41, 5.74) is 0.374. The van der Waals surface area contributed by atoms with Crippen molar-refractivity contribution in [3.8, 4) is 0 Å². The first kappa shape index (κ1) is 17.3. The quantitative estimate of drug-likeness (QED) is 0.911. The van der Waals surface area contributed by atoms with Crippen LogP contribution in [-0.4, -0.2) is 23.7 Å². The number of carbonyl (C=O) groups excluding carboxylic acids is 2. The molecule has 5 nitrogen and oxygen atoms in total. The lowest BCUT2D eigenvalue weighted by molar-refractivity contribution is -0.306. The topological polar surface area (TPSA) is 78.5 Å². The van der Waals surface area contributed by atoms with Gasteiger partial charge in [-0.05, 0) is 49.6 Å². The molecule has 2 rings (SSSR count). The fourth-order valence-electron chi connectivity index (χ4n) is 2.31. The molecule has 0 aliphatic carbocycles. The second-order valence-electron chi connectivity index (χ2n) is 6.38. The molecule has 0 fully saturated rings.